The lowest BCUT2D eigenvalue weighted by molar-refractivity contribution is -0.137. The highest BCUT2D eigenvalue weighted by molar-refractivity contribution is 6.30. The molecule has 130 valence electrons. The van der Waals surface area contributed by atoms with E-state index in [1.165, 1.54) is 11.6 Å². The molecule has 1 N–H and O–H groups in total. The van der Waals surface area contributed by atoms with Crippen molar-refractivity contribution in [2.75, 3.05) is 0 Å². The number of hydrogen-bond acceptors (Lipinski definition) is 5. The molecule has 0 spiro atoms. The number of rotatable bonds is 3. The number of carbonyl (C=O) groups excluding carboxylic acids is 2. The van der Waals surface area contributed by atoms with Crippen LogP contribution in [0.3, 0.4) is 0 Å². The number of nitrogens with zero attached hydrogens (tertiary/aromatic N) is 3. The molecule has 7 nitrogen and oxygen atoms in total. The second-order valence-electron chi connectivity index (χ2n) is 6.27. The van der Waals surface area contributed by atoms with Gasteiger partial charge >= 0.3 is 5.97 Å². The average molecular weight is 361 g/mol. The molecule has 2 heterocycles. The van der Waals surface area contributed by atoms with E-state index in [2.05, 4.69) is 15.4 Å². The first-order chi connectivity index (χ1) is 11.7. The summed E-state index contributed by atoms with van der Waals surface area (Å²) in [6, 6.07) is 7.06. The minimum absolute atomic E-state index is 0.204. The molecule has 1 aliphatic rings. The van der Waals surface area contributed by atoms with Crippen LogP contribution in [0.1, 0.15) is 26.6 Å². The predicted octanol–water partition coefficient (Wildman–Crippen LogP) is 2.32. The third-order valence-electron chi connectivity index (χ3n) is 3.78. The fourth-order valence-corrected chi connectivity index (χ4v) is 2.79. The lowest BCUT2D eigenvalue weighted by atomic mass is 10.0. The summed E-state index contributed by atoms with van der Waals surface area (Å²) in [6.07, 6.45) is 0. The maximum atomic E-state index is 12.5. The maximum Gasteiger partial charge on any atom is 0.307 e. The molecule has 8 heteroatoms. The van der Waals surface area contributed by atoms with Gasteiger partial charge in [0, 0.05) is 24.6 Å². The van der Waals surface area contributed by atoms with Gasteiger partial charge in [-0.1, -0.05) is 11.6 Å². The van der Waals surface area contributed by atoms with Crippen LogP contribution in [-0.2, 0) is 21.4 Å². The monoisotopic (exact) mass is 360 g/mol. The summed E-state index contributed by atoms with van der Waals surface area (Å²) in [7, 11) is 1.68. The fourth-order valence-electron chi connectivity index (χ4n) is 2.67. The minimum atomic E-state index is -0.815. The first kappa shape index (κ1) is 17.2. The van der Waals surface area contributed by atoms with Gasteiger partial charge in [-0.25, -0.2) is 9.67 Å². The Morgan fingerprint density at radius 2 is 1.92 bits per heavy atom. The Kier molecular flexibility index (Phi) is 4.12. The molecular formula is C17H17ClN4O3. The molecule has 1 aromatic carbocycles. The van der Waals surface area contributed by atoms with E-state index in [1.807, 2.05) is 0 Å². The van der Waals surface area contributed by atoms with Crippen LogP contribution >= 0.6 is 11.6 Å². The van der Waals surface area contributed by atoms with E-state index in [9.17, 15) is 9.59 Å². The number of nitrogens with one attached hydrogen (secondary N) is 1. The van der Waals surface area contributed by atoms with Crippen LogP contribution in [0.4, 0.5) is 0 Å². The summed E-state index contributed by atoms with van der Waals surface area (Å²) in [5.74, 6) is 0.144. The maximum absolute atomic E-state index is 12.5. The Labute approximate surface area is 149 Å². The molecule has 0 aliphatic carbocycles. The number of aromatic nitrogens is 3. The van der Waals surface area contributed by atoms with Crippen molar-refractivity contribution in [3.05, 3.63) is 40.9 Å². The van der Waals surface area contributed by atoms with Gasteiger partial charge < -0.3 is 10.1 Å². The van der Waals surface area contributed by atoms with Gasteiger partial charge in [0.05, 0.1) is 5.54 Å². The van der Waals surface area contributed by atoms with Gasteiger partial charge in [0.25, 0.3) is 5.91 Å². The van der Waals surface area contributed by atoms with Crippen molar-refractivity contribution in [2.45, 2.75) is 26.3 Å². The lowest BCUT2D eigenvalue weighted by Crippen LogP contribution is -2.39. The van der Waals surface area contributed by atoms with Crippen LogP contribution in [0.25, 0.3) is 17.0 Å². The Morgan fingerprint density at radius 3 is 2.52 bits per heavy atom. The molecular weight excluding hydrogens is 344 g/mol. The molecule has 0 fully saturated rings. The minimum Gasteiger partial charge on any atom is -0.428 e. The van der Waals surface area contributed by atoms with Crippen molar-refractivity contribution in [3.8, 4) is 11.4 Å². The van der Waals surface area contributed by atoms with Gasteiger partial charge in [-0.15, -0.1) is 0 Å². The number of hydrogen-bond donors (Lipinski definition) is 1. The van der Waals surface area contributed by atoms with Crippen LogP contribution in [0.15, 0.2) is 30.0 Å². The number of benzene rings is 1. The number of ether oxygens (including phenoxy) is 1. The van der Waals surface area contributed by atoms with Crippen molar-refractivity contribution < 1.29 is 14.3 Å². The normalized spacial score (nSPS) is 16.1. The summed E-state index contributed by atoms with van der Waals surface area (Å²) in [5, 5.41) is 7.76. The van der Waals surface area contributed by atoms with Crippen molar-refractivity contribution in [3.63, 3.8) is 0 Å². The second-order valence-corrected chi connectivity index (χ2v) is 6.70. The van der Waals surface area contributed by atoms with E-state index < -0.39 is 11.5 Å². The quantitative estimate of drug-likeness (QED) is 0.849. The third kappa shape index (κ3) is 3.15. The molecule has 0 bridgehead atoms. The van der Waals surface area contributed by atoms with Crippen molar-refractivity contribution in [1.29, 1.82) is 0 Å². The standard InChI is InChI=1S/C17H17ClN4O3/c1-9(23)25-13-12(16(24)20-17(13,2)3)15-19-14(21-22(15)4)10-5-7-11(18)8-6-10/h5-8H,1-4H3,(H,20,24). The zero-order valence-electron chi connectivity index (χ0n) is 14.3. The zero-order valence-corrected chi connectivity index (χ0v) is 15.0. The smallest absolute Gasteiger partial charge is 0.307 e. The summed E-state index contributed by atoms with van der Waals surface area (Å²) in [4.78, 5) is 28.4. The van der Waals surface area contributed by atoms with Gasteiger partial charge in [-0.2, -0.15) is 5.10 Å². The van der Waals surface area contributed by atoms with Crippen molar-refractivity contribution in [1.82, 2.24) is 20.1 Å². The molecule has 2 aromatic rings. The molecule has 1 amide bonds. The first-order valence-electron chi connectivity index (χ1n) is 7.62. The molecule has 3 rings (SSSR count). The molecule has 0 saturated carbocycles. The summed E-state index contributed by atoms with van der Waals surface area (Å²) < 4.78 is 6.80. The SMILES string of the molecule is CC(=O)OC1=C(c2nc(-c3ccc(Cl)cc3)nn2C)C(=O)NC1(C)C. The number of halogens is 1. The molecule has 0 unspecified atom stereocenters. The molecule has 25 heavy (non-hydrogen) atoms. The topological polar surface area (TPSA) is 86.1 Å². The Balaban J connectivity index is 2.12. The molecule has 1 aromatic heterocycles. The van der Waals surface area contributed by atoms with Crippen LogP contribution in [0, 0.1) is 0 Å². The van der Waals surface area contributed by atoms with Gasteiger partial charge in [0.1, 0.15) is 11.3 Å². The largest absolute Gasteiger partial charge is 0.428 e. The highest BCUT2D eigenvalue weighted by Crippen LogP contribution is 2.34. The molecule has 0 saturated heterocycles. The summed E-state index contributed by atoms with van der Waals surface area (Å²) >= 11 is 5.90. The van der Waals surface area contributed by atoms with Gasteiger partial charge in [-0.3, -0.25) is 9.59 Å². The van der Waals surface area contributed by atoms with E-state index in [0.29, 0.717) is 16.7 Å². The Hall–Kier alpha value is -2.67. The van der Waals surface area contributed by atoms with Crippen LogP contribution in [-0.4, -0.2) is 32.2 Å². The average Bonchev–Trinajstić information content (AvgIpc) is 2.97. The number of amides is 1. The highest BCUT2D eigenvalue weighted by Gasteiger charge is 2.43. The predicted molar refractivity (Wildman–Crippen MR) is 92.4 cm³/mol. The molecule has 1 aliphatic heterocycles. The number of esters is 1. The summed E-state index contributed by atoms with van der Waals surface area (Å²) in [6.45, 7) is 4.80. The van der Waals surface area contributed by atoms with Crippen LogP contribution in [0.5, 0.6) is 0 Å². The van der Waals surface area contributed by atoms with E-state index >= 15 is 0 Å². The lowest BCUT2D eigenvalue weighted by Gasteiger charge is -2.21. The van der Waals surface area contributed by atoms with Crippen LogP contribution in [0.2, 0.25) is 5.02 Å². The van der Waals surface area contributed by atoms with E-state index in [1.54, 1.807) is 45.2 Å². The first-order valence-corrected chi connectivity index (χ1v) is 8.00. The van der Waals surface area contributed by atoms with E-state index in [-0.39, 0.29) is 17.2 Å². The number of aryl methyl sites for hydroxylation is 1. The Morgan fingerprint density at radius 1 is 1.28 bits per heavy atom. The molecule has 0 radical (unpaired) electrons. The van der Waals surface area contributed by atoms with E-state index in [0.717, 1.165) is 5.56 Å². The van der Waals surface area contributed by atoms with Crippen LogP contribution < -0.4 is 5.32 Å². The number of carbonyl (C=O) groups is 2. The fraction of sp³-hybridized carbons (Fsp3) is 0.294. The van der Waals surface area contributed by atoms with Gasteiger partial charge in [0.15, 0.2) is 11.6 Å². The van der Waals surface area contributed by atoms with Crippen molar-refractivity contribution >= 4 is 29.1 Å². The van der Waals surface area contributed by atoms with Crippen molar-refractivity contribution in [2.24, 2.45) is 7.05 Å². The second kappa shape index (κ2) is 6.00. The molecule has 0 atom stereocenters. The van der Waals surface area contributed by atoms with Gasteiger partial charge in [0.2, 0.25) is 0 Å². The zero-order chi connectivity index (χ0) is 18.4. The third-order valence-corrected chi connectivity index (χ3v) is 4.03. The van der Waals surface area contributed by atoms with Gasteiger partial charge in [-0.05, 0) is 38.1 Å². The van der Waals surface area contributed by atoms with E-state index in [4.69, 9.17) is 16.3 Å². The summed E-state index contributed by atoms with van der Waals surface area (Å²) in [5.41, 5.74) is 0.152. The Bertz CT molecular complexity index is 897. The highest BCUT2D eigenvalue weighted by atomic mass is 35.5.